The monoisotopic (exact) mass is 660 g/mol. The van der Waals surface area contributed by atoms with Gasteiger partial charge in [-0.25, -0.2) is 0 Å². The van der Waals surface area contributed by atoms with E-state index in [-0.39, 0.29) is 10.8 Å². The maximum absolute atomic E-state index is 12.8. The average Bonchev–Trinajstić information content (AvgIpc) is 3.53. The average molecular weight is 661 g/mol. The van der Waals surface area contributed by atoms with Crippen molar-refractivity contribution in [3.05, 3.63) is 58.7 Å². The van der Waals surface area contributed by atoms with Gasteiger partial charge >= 0.3 is 11.9 Å². The number of esters is 2. The second-order valence-corrected chi connectivity index (χ2v) is 16.7. The molecule has 0 spiro atoms. The van der Waals surface area contributed by atoms with E-state index in [9.17, 15) is 19.8 Å². The molecule has 6 heteroatoms. The molecule has 2 N–H and O–H groups in total. The molecule has 10 atom stereocenters. The Labute approximate surface area is 290 Å². The van der Waals surface area contributed by atoms with Crippen LogP contribution in [0.4, 0.5) is 0 Å². The molecule has 0 amide bonds. The Balaban J connectivity index is 0.882. The van der Waals surface area contributed by atoms with Crippen molar-refractivity contribution in [2.45, 2.75) is 120 Å². The zero-order valence-corrected chi connectivity index (χ0v) is 28.8. The van der Waals surface area contributed by atoms with E-state index >= 15 is 0 Å². The number of hydrogen-bond acceptors (Lipinski definition) is 6. The minimum Gasteiger partial charge on any atom is -0.426 e. The van der Waals surface area contributed by atoms with Gasteiger partial charge in [0.25, 0.3) is 0 Å². The fraction of sp³-hybridized carbons (Fsp3) is 0.581. The Morgan fingerprint density at radius 2 is 1.12 bits per heavy atom. The Kier molecular flexibility index (Phi) is 7.64. The van der Waals surface area contributed by atoms with Crippen LogP contribution in [0, 0.1) is 59.2 Å². The van der Waals surface area contributed by atoms with Gasteiger partial charge < -0.3 is 19.7 Å². The fourth-order valence-corrected chi connectivity index (χ4v) is 12.2. The molecule has 4 fully saturated rings. The van der Waals surface area contributed by atoms with E-state index in [1.54, 1.807) is 0 Å². The van der Waals surface area contributed by atoms with Crippen LogP contribution in [0.5, 0.6) is 11.5 Å². The van der Waals surface area contributed by atoms with Gasteiger partial charge in [0.05, 0.1) is 0 Å². The molecule has 256 valence electrons. The van der Waals surface area contributed by atoms with Crippen LogP contribution in [-0.4, -0.2) is 33.4 Å². The van der Waals surface area contributed by atoms with Gasteiger partial charge in [-0.05, 0) is 159 Å². The van der Waals surface area contributed by atoms with Gasteiger partial charge in [0, 0.05) is 10.8 Å². The van der Waals surface area contributed by atoms with Crippen LogP contribution in [0.25, 0.3) is 0 Å². The van der Waals surface area contributed by atoms with E-state index in [0.29, 0.717) is 59.8 Å². The molecule has 2 aromatic rings. The van der Waals surface area contributed by atoms with E-state index in [4.69, 9.17) is 22.3 Å². The van der Waals surface area contributed by atoms with Gasteiger partial charge in [-0.1, -0.05) is 37.8 Å². The third kappa shape index (κ3) is 4.85. The van der Waals surface area contributed by atoms with Crippen LogP contribution in [0.1, 0.15) is 119 Å². The normalized spacial score (nSPS) is 39.8. The number of carbonyl (C=O) groups excluding carboxylic acids is 2. The van der Waals surface area contributed by atoms with Gasteiger partial charge in [-0.15, -0.1) is 12.8 Å². The second-order valence-electron chi connectivity index (χ2n) is 16.7. The van der Waals surface area contributed by atoms with Crippen molar-refractivity contribution in [2.24, 2.45) is 34.5 Å². The summed E-state index contributed by atoms with van der Waals surface area (Å²) in [5, 5.41) is 22.4. The summed E-state index contributed by atoms with van der Waals surface area (Å²) in [5.74, 6) is 7.73. The SMILES string of the molecule is C#C[C@]1(O)CCC2C3CCc4cc(OC(=O)CC(=O)Oc5ccc6c(c5)CCC5C6CC[C@@]6(C)C5CC[C@@]6(O)C#C)ccc4C3CC[C@@]21C. The standard InChI is InChI=1S/C43H48O6/c1-5-42(46)21-17-36-34-11-7-26-23-28(9-13-30(26)32(34)15-19-40(36,42)3)48-38(44)25-39(45)49-29-10-14-31-27(24-29)8-12-35-33(31)16-20-41(4)37(35)18-22-43(41,47)6-2/h1-2,9-10,13-14,23-24,32-37,46-47H,7-8,11-12,15-22,25H2,3-4H3/t32?,33?,34?,35?,36?,37?,40-,41-,42-,43-/m0/s1. The van der Waals surface area contributed by atoms with Crippen molar-refractivity contribution in [1.82, 2.24) is 0 Å². The van der Waals surface area contributed by atoms with Gasteiger partial charge in [-0.3, -0.25) is 9.59 Å². The number of aliphatic hydroxyl groups is 2. The van der Waals surface area contributed by atoms with Gasteiger partial charge in [0.1, 0.15) is 29.1 Å². The summed E-state index contributed by atoms with van der Waals surface area (Å²) in [4.78, 5) is 25.7. The number of terminal acetylenes is 2. The number of carbonyl (C=O) groups is 2. The summed E-state index contributed by atoms with van der Waals surface area (Å²) in [6.07, 6.45) is 22.1. The molecule has 8 rings (SSSR count). The summed E-state index contributed by atoms with van der Waals surface area (Å²) in [6.45, 7) is 4.38. The quantitative estimate of drug-likeness (QED) is 0.158. The highest BCUT2D eigenvalue weighted by Crippen LogP contribution is 2.65. The van der Waals surface area contributed by atoms with E-state index in [1.165, 1.54) is 22.3 Å². The molecule has 6 unspecified atom stereocenters. The molecule has 6 nitrogen and oxygen atoms in total. The Hall–Kier alpha value is -3.58. The number of ether oxygens (including phenoxy) is 2. The molecule has 2 aromatic carbocycles. The third-order valence-electron chi connectivity index (χ3n) is 14.9. The first-order valence-corrected chi connectivity index (χ1v) is 18.5. The molecule has 49 heavy (non-hydrogen) atoms. The number of aryl methyl sites for hydroxylation is 2. The molecular weight excluding hydrogens is 612 g/mol. The highest BCUT2D eigenvalue weighted by atomic mass is 16.6. The first kappa shape index (κ1) is 32.6. The lowest BCUT2D eigenvalue weighted by molar-refractivity contribution is -0.144. The van der Waals surface area contributed by atoms with Gasteiger partial charge in [0.2, 0.25) is 0 Å². The molecule has 0 radical (unpaired) electrons. The summed E-state index contributed by atoms with van der Waals surface area (Å²) >= 11 is 0. The van der Waals surface area contributed by atoms with Crippen molar-refractivity contribution >= 4 is 11.9 Å². The van der Waals surface area contributed by atoms with Gasteiger partial charge in [-0.2, -0.15) is 0 Å². The second kappa shape index (κ2) is 11.5. The topological polar surface area (TPSA) is 93.1 Å². The van der Waals surface area contributed by atoms with Crippen LogP contribution in [0.15, 0.2) is 36.4 Å². The summed E-state index contributed by atoms with van der Waals surface area (Å²) in [6, 6.07) is 11.8. The Bertz CT molecular complexity index is 1670. The summed E-state index contributed by atoms with van der Waals surface area (Å²) in [7, 11) is 0. The van der Waals surface area contributed by atoms with E-state index in [2.05, 4.69) is 37.8 Å². The fourth-order valence-electron chi connectivity index (χ4n) is 12.2. The highest BCUT2D eigenvalue weighted by molar-refractivity contribution is 5.93. The molecule has 0 bridgehead atoms. The van der Waals surface area contributed by atoms with Crippen LogP contribution in [-0.2, 0) is 22.4 Å². The molecule has 4 saturated carbocycles. The Morgan fingerprint density at radius 1 is 0.694 bits per heavy atom. The summed E-state index contributed by atoms with van der Waals surface area (Å²) < 4.78 is 11.3. The van der Waals surface area contributed by atoms with Crippen molar-refractivity contribution < 1.29 is 29.3 Å². The lowest BCUT2D eigenvalue weighted by atomic mass is 9.53. The maximum Gasteiger partial charge on any atom is 0.322 e. The van der Waals surface area contributed by atoms with E-state index in [0.717, 1.165) is 64.2 Å². The Morgan fingerprint density at radius 3 is 1.53 bits per heavy atom. The van der Waals surface area contributed by atoms with Crippen molar-refractivity contribution in [3.8, 4) is 36.2 Å². The van der Waals surface area contributed by atoms with Crippen molar-refractivity contribution in [2.75, 3.05) is 0 Å². The largest absolute Gasteiger partial charge is 0.426 e. The predicted molar refractivity (Wildman–Crippen MR) is 186 cm³/mol. The van der Waals surface area contributed by atoms with Crippen LogP contribution in [0.3, 0.4) is 0 Å². The number of hydrogen-bond donors (Lipinski definition) is 2. The predicted octanol–water partition coefficient (Wildman–Crippen LogP) is 7.03. The van der Waals surface area contributed by atoms with Crippen LogP contribution in [0.2, 0.25) is 0 Å². The highest BCUT2D eigenvalue weighted by Gasteiger charge is 2.62. The van der Waals surface area contributed by atoms with Crippen LogP contribution >= 0.6 is 0 Å². The van der Waals surface area contributed by atoms with Crippen LogP contribution < -0.4 is 9.47 Å². The first-order chi connectivity index (χ1) is 23.4. The first-order valence-electron chi connectivity index (χ1n) is 18.5. The molecule has 0 saturated heterocycles. The summed E-state index contributed by atoms with van der Waals surface area (Å²) in [5.41, 5.74) is 2.51. The van der Waals surface area contributed by atoms with E-state index in [1.807, 2.05) is 24.3 Å². The van der Waals surface area contributed by atoms with Gasteiger partial charge in [0.15, 0.2) is 0 Å². The number of benzene rings is 2. The lowest BCUT2D eigenvalue weighted by Gasteiger charge is -2.52. The molecule has 6 aliphatic rings. The molecule has 0 heterocycles. The molecule has 6 aliphatic carbocycles. The van der Waals surface area contributed by atoms with Crippen molar-refractivity contribution in [1.29, 1.82) is 0 Å². The minimum absolute atomic E-state index is 0.238. The zero-order valence-electron chi connectivity index (χ0n) is 28.8. The number of rotatable bonds is 4. The smallest absolute Gasteiger partial charge is 0.322 e. The lowest BCUT2D eigenvalue weighted by Crippen LogP contribution is -2.50. The molecular formula is C43H48O6. The number of fused-ring (bicyclic) bond motifs is 10. The molecule has 0 aromatic heterocycles. The third-order valence-corrected chi connectivity index (χ3v) is 14.9. The zero-order chi connectivity index (χ0) is 34.3. The molecule has 0 aliphatic heterocycles. The van der Waals surface area contributed by atoms with Crippen molar-refractivity contribution in [3.63, 3.8) is 0 Å². The minimum atomic E-state index is -1.02. The maximum atomic E-state index is 12.8. The van der Waals surface area contributed by atoms with E-state index < -0.39 is 29.6 Å².